The van der Waals surface area contributed by atoms with Crippen LogP contribution in [0.1, 0.15) is 35.8 Å². The van der Waals surface area contributed by atoms with E-state index in [0.29, 0.717) is 35.6 Å². The highest BCUT2D eigenvalue weighted by molar-refractivity contribution is 9.10. The number of aromatic nitrogens is 5. The first kappa shape index (κ1) is 21.6. The number of amides is 1. The minimum absolute atomic E-state index is 0.230. The standard InChI is InChI=1S/C24H25BrN6O2/c1-14-5-4-8-33-23-18(12-26-30(23)3)20-10-16(9-15(2)27-20)22(32)29-24-28-19-7-6-17(25)11-21(19)31(24)13-14/h6-7,9-12,14H,4-5,8,13H2,1-3H3,(H,28,29,32)/t14-/m1/s1. The molecule has 9 heteroatoms. The van der Waals surface area contributed by atoms with Crippen molar-refractivity contribution in [3.8, 4) is 17.1 Å². The number of halogens is 1. The normalized spacial score (nSPS) is 16.8. The van der Waals surface area contributed by atoms with Crippen molar-refractivity contribution in [2.45, 2.75) is 33.2 Å². The highest BCUT2D eigenvalue weighted by atomic mass is 79.9. The van der Waals surface area contributed by atoms with Gasteiger partial charge in [-0.1, -0.05) is 22.9 Å². The fourth-order valence-electron chi connectivity index (χ4n) is 4.26. The van der Waals surface area contributed by atoms with Crippen LogP contribution in [-0.2, 0) is 13.6 Å². The molecule has 1 atom stereocenters. The van der Waals surface area contributed by atoms with Gasteiger partial charge in [0, 0.05) is 29.3 Å². The Morgan fingerprint density at radius 2 is 2.06 bits per heavy atom. The number of nitrogens with zero attached hydrogens (tertiary/aromatic N) is 5. The van der Waals surface area contributed by atoms with E-state index in [1.807, 2.05) is 32.2 Å². The van der Waals surface area contributed by atoms with E-state index in [4.69, 9.17) is 9.72 Å². The number of hydrogen-bond acceptors (Lipinski definition) is 5. The molecule has 0 saturated carbocycles. The number of benzene rings is 1. The molecule has 1 aromatic carbocycles. The van der Waals surface area contributed by atoms with E-state index in [9.17, 15) is 4.79 Å². The fraction of sp³-hybridized carbons (Fsp3) is 0.333. The molecule has 0 spiro atoms. The molecule has 0 saturated heterocycles. The number of rotatable bonds is 0. The molecule has 3 aromatic heterocycles. The van der Waals surface area contributed by atoms with Gasteiger partial charge in [0.25, 0.3) is 5.91 Å². The third-order valence-electron chi connectivity index (χ3n) is 5.89. The Morgan fingerprint density at radius 1 is 1.21 bits per heavy atom. The van der Waals surface area contributed by atoms with Gasteiger partial charge >= 0.3 is 0 Å². The van der Waals surface area contributed by atoms with Crippen LogP contribution in [0.2, 0.25) is 0 Å². The van der Waals surface area contributed by atoms with Crippen molar-refractivity contribution in [1.82, 2.24) is 24.3 Å². The zero-order valence-electron chi connectivity index (χ0n) is 18.8. The SMILES string of the molecule is Cc1cc2cc(n1)-c1cnn(C)c1OCCC[C@@H](C)Cn1c(nc3ccc(Br)cc31)NC2=O. The van der Waals surface area contributed by atoms with Crippen LogP contribution in [-0.4, -0.2) is 36.8 Å². The summed E-state index contributed by atoms with van der Waals surface area (Å²) in [6.45, 7) is 5.40. The van der Waals surface area contributed by atoms with Crippen LogP contribution >= 0.6 is 15.9 Å². The summed E-state index contributed by atoms with van der Waals surface area (Å²) >= 11 is 3.56. The van der Waals surface area contributed by atoms with Gasteiger partial charge in [0.05, 0.1) is 35.1 Å². The second-order valence-corrected chi connectivity index (χ2v) is 9.51. The van der Waals surface area contributed by atoms with E-state index in [2.05, 4.69) is 42.8 Å². The third-order valence-corrected chi connectivity index (χ3v) is 6.38. The number of anilines is 1. The quantitative estimate of drug-likeness (QED) is 0.362. The molecule has 8 nitrogen and oxygen atoms in total. The van der Waals surface area contributed by atoms with Crippen LogP contribution < -0.4 is 10.1 Å². The molecule has 5 rings (SSSR count). The molecule has 170 valence electrons. The minimum atomic E-state index is -0.230. The Morgan fingerprint density at radius 3 is 2.91 bits per heavy atom. The van der Waals surface area contributed by atoms with Gasteiger partial charge in [-0.2, -0.15) is 5.10 Å². The Balaban J connectivity index is 1.62. The molecule has 1 aliphatic heterocycles. The number of carbonyl (C=O) groups excluding carboxylic acids is 1. The second kappa shape index (κ2) is 8.62. The van der Waals surface area contributed by atoms with Crippen LogP contribution in [0.15, 0.2) is 41.0 Å². The lowest BCUT2D eigenvalue weighted by molar-refractivity contribution is 0.102. The number of aryl methyl sites for hydroxylation is 2. The van der Waals surface area contributed by atoms with Crippen LogP contribution in [0.5, 0.6) is 5.88 Å². The maximum Gasteiger partial charge on any atom is 0.258 e. The van der Waals surface area contributed by atoms with Gasteiger partial charge in [-0.25, -0.2) is 9.67 Å². The average molecular weight is 509 g/mol. The summed E-state index contributed by atoms with van der Waals surface area (Å²) in [5.74, 6) is 1.34. The molecule has 33 heavy (non-hydrogen) atoms. The number of imidazole rings is 1. The van der Waals surface area contributed by atoms with Crippen molar-refractivity contribution >= 4 is 38.8 Å². The smallest absolute Gasteiger partial charge is 0.258 e. The molecule has 0 aliphatic carbocycles. The van der Waals surface area contributed by atoms with Gasteiger partial charge in [-0.15, -0.1) is 0 Å². The topological polar surface area (TPSA) is 86.9 Å². The summed E-state index contributed by atoms with van der Waals surface area (Å²) in [5.41, 5.74) is 4.51. The number of carbonyl (C=O) groups is 1. The average Bonchev–Trinajstić information content (AvgIpc) is 3.30. The van der Waals surface area contributed by atoms with E-state index in [1.165, 1.54) is 0 Å². The number of fused-ring (bicyclic) bond motifs is 7. The van der Waals surface area contributed by atoms with Crippen LogP contribution in [0.3, 0.4) is 0 Å². The van der Waals surface area contributed by atoms with Crippen molar-refractivity contribution in [1.29, 1.82) is 0 Å². The predicted octanol–water partition coefficient (Wildman–Crippen LogP) is 4.96. The molecule has 0 unspecified atom stereocenters. The van der Waals surface area contributed by atoms with Crippen LogP contribution in [0.4, 0.5) is 5.95 Å². The van der Waals surface area contributed by atoms with Crippen molar-refractivity contribution in [2.24, 2.45) is 13.0 Å². The first-order valence-electron chi connectivity index (χ1n) is 11.0. The first-order chi connectivity index (χ1) is 15.9. The Labute approximate surface area is 200 Å². The van der Waals surface area contributed by atoms with Crippen molar-refractivity contribution < 1.29 is 9.53 Å². The number of ether oxygens (including phenoxy) is 1. The van der Waals surface area contributed by atoms with Crippen molar-refractivity contribution in [3.05, 3.63) is 52.3 Å². The zero-order chi connectivity index (χ0) is 23.1. The third kappa shape index (κ3) is 4.25. The van der Waals surface area contributed by atoms with Gasteiger partial charge in [-0.3, -0.25) is 15.1 Å². The lowest BCUT2D eigenvalue weighted by Crippen LogP contribution is -2.18. The van der Waals surface area contributed by atoms with E-state index >= 15 is 0 Å². The predicted molar refractivity (Wildman–Crippen MR) is 130 cm³/mol. The molecule has 4 heterocycles. The molecule has 0 radical (unpaired) electrons. The fourth-order valence-corrected chi connectivity index (χ4v) is 4.61. The number of pyridine rings is 1. The van der Waals surface area contributed by atoms with Gasteiger partial charge in [-0.05, 0) is 56.0 Å². The molecule has 4 aromatic rings. The highest BCUT2D eigenvalue weighted by Crippen LogP contribution is 2.31. The van der Waals surface area contributed by atoms with E-state index in [1.54, 1.807) is 23.0 Å². The lowest BCUT2D eigenvalue weighted by Gasteiger charge is -2.16. The second-order valence-electron chi connectivity index (χ2n) is 8.60. The van der Waals surface area contributed by atoms with Gasteiger partial charge in [0.15, 0.2) is 0 Å². The lowest BCUT2D eigenvalue weighted by atomic mass is 10.1. The molecule has 2 bridgehead atoms. The number of hydrogen-bond donors (Lipinski definition) is 1. The van der Waals surface area contributed by atoms with Crippen molar-refractivity contribution in [2.75, 3.05) is 11.9 Å². The molecule has 1 N–H and O–H groups in total. The van der Waals surface area contributed by atoms with E-state index < -0.39 is 0 Å². The summed E-state index contributed by atoms with van der Waals surface area (Å²) < 4.78 is 10.9. The largest absolute Gasteiger partial charge is 0.477 e. The molecule has 0 fully saturated rings. The first-order valence-corrected chi connectivity index (χ1v) is 11.8. The molecular formula is C24H25BrN6O2. The van der Waals surface area contributed by atoms with Crippen molar-refractivity contribution in [3.63, 3.8) is 0 Å². The zero-order valence-corrected chi connectivity index (χ0v) is 20.4. The van der Waals surface area contributed by atoms with E-state index in [-0.39, 0.29) is 5.91 Å². The van der Waals surface area contributed by atoms with Crippen LogP contribution in [0.25, 0.3) is 22.3 Å². The number of nitrogens with one attached hydrogen (secondary N) is 1. The maximum absolute atomic E-state index is 13.3. The highest BCUT2D eigenvalue weighted by Gasteiger charge is 2.20. The minimum Gasteiger partial charge on any atom is -0.477 e. The summed E-state index contributed by atoms with van der Waals surface area (Å²) in [6, 6.07) is 9.52. The van der Waals surface area contributed by atoms with Gasteiger partial charge in [0.2, 0.25) is 11.8 Å². The van der Waals surface area contributed by atoms with Gasteiger partial charge < -0.3 is 9.30 Å². The molecular weight excluding hydrogens is 484 g/mol. The Bertz CT molecular complexity index is 1360. The van der Waals surface area contributed by atoms with E-state index in [0.717, 1.165) is 46.1 Å². The Kier molecular flexibility index (Phi) is 5.65. The molecule has 1 aliphatic rings. The Hall–Kier alpha value is -3.20. The van der Waals surface area contributed by atoms with Gasteiger partial charge in [0.1, 0.15) is 0 Å². The molecule has 1 amide bonds. The monoisotopic (exact) mass is 508 g/mol. The maximum atomic E-state index is 13.3. The summed E-state index contributed by atoms with van der Waals surface area (Å²) in [7, 11) is 1.85. The van der Waals surface area contributed by atoms with Crippen LogP contribution in [0, 0.1) is 12.8 Å². The summed E-state index contributed by atoms with van der Waals surface area (Å²) in [6.07, 6.45) is 3.60. The summed E-state index contributed by atoms with van der Waals surface area (Å²) in [5, 5.41) is 7.40. The summed E-state index contributed by atoms with van der Waals surface area (Å²) in [4.78, 5) is 22.7.